The van der Waals surface area contributed by atoms with E-state index in [9.17, 15) is 38.4 Å². The molecule has 0 aliphatic carbocycles. The molecule has 2 aliphatic heterocycles. The van der Waals surface area contributed by atoms with Crippen molar-refractivity contribution in [1.29, 1.82) is 0 Å². The van der Waals surface area contributed by atoms with Crippen molar-refractivity contribution in [3.8, 4) is 0 Å². The van der Waals surface area contributed by atoms with Crippen molar-refractivity contribution in [3.63, 3.8) is 0 Å². The van der Waals surface area contributed by atoms with Crippen LogP contribution in [0.2, 0.25) is 0 Å². The van der Waals surface area contributed by atoms with Crippen LogP contribution in [0.4, 0.5) is 13.2 Å². The first-order chi connectivity index (χ1) is 26.9. The van der Waals surface area contributed by atoms with E-state index in [-0.39, 0.29) is 19.8 Å². The largest absolute Gasteiger partial charge is 0.471 e. The number of halogens is 3. The van der Waals surface area contributed by atoms with Crippen molar-refractivity contribution >= 4 is 5.91 Å². The normalized spacial score (nSPS) is 28.1. The van der Waals surface area contributed by atoms with Gasteiger partial charge in [-0.25, -0.2) is 0 Å². The zero-order chi connectivity index (χ0) is 41.8. The summed E-state index contributed by atoms with van der Waals surface area (Å²) in [5.41, 5.74) is 6.13. The maximum Gasteiger partial charge on any atom is 0.471 e. The fourth-order valence-electron chi connectivity index (χ4n) is 6.45. The Hall–Kier alpha value is -1.86. The van der Waals surface area contributed by atoms with Crippen molar-refractivity contribution in [2.24, 2.45) is 5.73 Å². The molecule has 0 unspecified atom stereocenters. The van der Waals surface area contributed by atoms with E-state index in [4.69, 9.17) is 34.2 Å². The van der Waals surface area contributed by atoms with Crippen LogP contribution < -0.4 is 11.1 Å². The number of aliphatic hydroxyl groups excluding tert-OH is 4. The molecule has 1 amide bonds. The molecule has 2 rings (SSSR count). The molecule has 0 spiro atoms. The lowest BCUT2D eigenvalue weighted by molar-refractivity contribution is -0.276. The Labute approximate surface area is 332 Å². The van der Waals surface area contributed by atoms with Gasteiger partial charge in [0.15, 0.2) is 6.29 Å². The number of hydrogen-bond donors (Lipinski definition) is 6. The average Bonchev–Trinajstić information content (AvgIpc) is 3.17. The van der Waals surface area contributed by atoms with E-state index in [0.29, 0.717) is 13.0 Å². The highest BCUT2D eigenvalue weighted by Crippen LogP contribution is 2.27. The number of carbonyl (C=O) groups is 1. The van der Waals surface area contributed by atoms with E-state index in [1.165, 1.54) is 76.5 Å². The number of alkyl halides is 3. The van der Waals surface area contributed by atoms with Crippen LogP contribution in [0.1, 0.15) is 124 Å². The van der Waals surface area contributed by atoms with E-state index in [1.807, 2.05) is 12.2 Å². The maximum atomic E-state index is 12.8. The van der Waals surface area contributed by atoms with Gasteiger partial charge in [0, 0.05) is 13.2 Å². The molecule has 0 aromatic carbocycles. The summed E-state index contributed by atoms with van der Waals surface area (Å²) in [5, 5.41) is 41.4. The van der Waals surface area contributed by atoms with Crippen LogP contribution in [-0.2, 0) is 33.2 Å². The van der Waals surface area contributed by atoms with Crippen LogP contribution in [0.15, 0.2) is 25.0 Å². The van der Waals surface area contributed by atoms with Gasteiger partial charge in [-0.15, -0.1) is 6.58 Å². The Kier molecular flexibility index (Phi) is 29.0. The highest BCUT2D eigenvalue weighted by molar-refractivity contribution is 5.82. The molecule has 0 bridgehead atoms. The van der Waals surface area contributed by atoms with Gasteiger partial charge in [0.1, 0.15) is 42.7 Å². The predicted molar refractivity (Wildman–Crippen MR) is 206 cm³/mol. The van der Waals surface area contributed by atoms with Gasteiger partial charge < -0.3 is 59.9 Å². The van der Waals surface area contributed by atoms with Gasteiger partial charge in [0.25, 0.3) is 0 Å². The van der Waals surface area contributed by atoms with E-state index in [0.717, 1.165) is 32.1 Å². The van der Waals surface area contributed by atoms with Gasteiger partial charge in [-0.3, -0.25) is 4.79 Å². The van der Waals surface area contributed by atoms with E-state index in [1.54, 1.807) is 6.08 Å². The number of allylic oxidation sites excluding steroid dienone is 1. The molecule has 13 nitrogen and oxygen atoms in total. The first-order valence-electron chi connectivity index (χ1n) is 20.7. The maximum absolute atomic E-state index is 12.8. The van der Waals surface area contributed by atoms with Crippen molar-refractivity contribution in [3.05, 3.63) is 25.0 Å². The molecule has 330 valence electrons. The second kappa shape index (κ2) is 31.1. The Morgan fingerprint density at radius 3 is 1.64 bits per heavy atom. The minimum atomic E-state index is -5.12. The second-order valence-corrected chi connectivity index (χ2v) is 14.4. The van der Waals surface area contributed by atoms with Crippen LogP contribution in [0.5, 0.6) is 0 Å². The van der Waals surface area contributed by atoms with E-state index < -0.39 is 80.0 Å². The summed E-state index contributed by atoms with van der Waals surface area (Å²) in [6.07, 6.45) is 9.43. The summed E-state index contributed by atoms with van der Waals surface area (Å²) in [6.45, 7) is 9.43. The summed E-state index contributed by atoms with van der Waals surface area (Å²) in [4.78, 5) is 11.5. The Morgan fingerprint density at radius 2 is 1.20 bits per heavy atom. The summed E-state index contributed by atoms with van der Waals surface area (Å²) in [7, 11) is 0. The zero-order valence-corrected chi connectivity index (χ0v) is 33.9. The first kappa shape index (κ1) is 52.2. The molecule has 0 radical (unpaired) electrons. The number of aliphatic hydroxyl groups is 4. The van der Waals surface area contributed by atoms with Crippen molar-refractivity contribution < 1.29 is 66.8 Å². The molecule has 0 aromatic heterocycles. The molecule has 56 heavy (non-hydrogen) atoms. The Balaban J connectivity index is 0.000000573. The molecular formula is C40H73F3N2O11. The number of hydrogen-bond acceptors (Lipinski definition) is 12. The lowest BCUT2D eigenvalue weighted by Crippen LogP contribution is -2.66. The molecule has 16 heteroatoms. The van der Waals surface area contributed by atoms with Gasteiger partial charge in [-0.05, 0) is 19.8 Å². The van der Waals surface area contributed by atoms with E-state index >= 15 is 0 Å². The molecule has 2 aliphatic rings. The topological polar surface area (TPSA) is 191 Å². The van der Waals surface area contributed by atoms with Crippen molar-refractivity contribution in [2.45, 2.75) is 191 Å². The van der Waals surface area contributed by atoms with Crippen LogP contribution in [0.25, 0.3) is 0 Å². The second-order valence-electron chi connectivity index (χ2n) is 14.4. The lowest BCUT2D eigenvalue weighted by atomic mass is 9.96. The molecule has 0 saturated carbocycles. The van der Waals surface area contributed by atoms with Crippen molar-refractivity contribution in [1.82, 2.24) is 5.32 Å². The average molecular weight is 815 g/mol. The van der Waals surface area contributed by atoms with E-state index in [2.05, 4.69) is 20.4 Å². The minimum Gasteiger partial charge on any atom is -0.471 e. The number of unbranched alkanes of at least 4 members (excludes halogenated alkanes) is 14. The monoisotopic (exact) mass is 815 g/mol. The number of carbonyl (C=O) groups excluding carboxylic acids is 1. The summed E-state index contributed by atoms with van der Waals surface area (Å²) in [6, 6.07) is -2.02. The van der Waals surface area contributed by atoms with Crippen LogP contribution >= 0.6 is 0 Å². The number of rotatable bonds is 28. The third-order valence-electron chi connectivity index (χ3n) is 9.65. The number of nitrogens with two attached hydrogens (primary N) is 1. The summed E-state index contributed by atoms with van der Waals surface area (Å²) < 4.78 is 71.5. The first-order valence-corrected chi connectivity index (χ1v) is 20.7. The zero-order valence-electron chi connectivity index (χ0n) is 33.9. The smallest absolute Gasteiger partial charge is 0.471 e. The fraction of sp³-hybridized carbons (Fsp3) is 0.875. The van der Waals surface area contributed by atoms with Crippen LogP contribution in [0, 0.1) is 0 Å². The number of amides is 1. The third-order valence-corrected chi connectivity index (χ3v) is 9.65. The Morgan fingerprint density at radius 1 is 0.750 bits per heavy atom. The van der Waals surface area contributed by atoms with Crippen LogP contribution in [-0.4, -0.2) is 127 Å². The molecule has 0 aromatic rings. The number of nitrogens with one attached hydrogen (secondary N) is 1. The quantitative estimate of drug-likeness (QED) is 0.0340. The highest BCUT2D eigenvalue weighted by Gasteiger charge is 2.50. The molecule has 2 heterocycles. The standard InChI is InChI=1S/C21H36F3NO6.C19H37NO5/c1-3-5-6-7-8-9-10-11-13-29-18-16(25-20(28)21(22,23)24)19(30-12-4-2)31-15(14-26)17(18)27;1-3-5-6-7-8-9-10-11-13-23-18-16(20)19(24-12-4-2)25-15(14-21)17(18)22/h4,15-19,26-27H,2-3,5-14H2,1H3,(H,25,28);4,12,15-19,21-22H,3,5-11,13-14,20H2,1-2H3/b;12-4-/t2*15-,16-,17-,18-,19+/m11/s1. The van der Waals surface area contributed by atoms with Gasteiger partial charge in [-0.2, -0.15) is 13.2 Å². The minimum absolute atomic E-state index is 0.0674. The van der Waals surface area contributed by atoms with Gasteiger partial charge >= 0.3 is 12.1 Å². The molecule has 7 N–H and O–H groups in total. The predicted octanol–water partition coefficient (Wildman–Crippen LogP) is 5.31. The molecular weight excluding hydrogens is 741 g/mol. The van der Waals surface area contributed by atoms with Crippen LogP contribution in [0.3, 0.4) is 0 Å². The molecule has 10 atom stereocenters. The van der Waals surface area contributed by atoms with Gasteiger partial charge in [-0.1, -0.05) is 116 Å². The van der Waals surface area contributed by atoms with Gasteiger partial charge in [0.2, 0.25) is 6.29 Å². The van der Waals surface area contributed by atoms with Gasteiger partial charge in [0.05, 0.1) is 32.1 Å². The fourth-order valence-corrected chi connectivity index (χ4v) is 6.45. The lowest BCUT2D eigenvalue weighted by Gasteiger charge is -2.44. The SMILES string of the molecule is C/C=C\O[C@H]1O[C@H](CO)[C@@H](O)[C@H](OCCCCCCCCCC)[C@H]1N.C=CCO[C@H]1O[C@H](CO)[C@@H](O)[C@H](OCCCCCCCCCC)[C@H]1NC(=O)C(F)(F)F. The molecule has 2 saturated heterocycles. The molecule has 2 fully saturated rings. The highest BCUT2D eigenvalue weighted by atomic mass is 19.4. The summed E-state index contributed by atoms with van der Waals surface area (Å²) >= 11 is 0. The van der Waals surface area contributed by atoms with Crippen molar-refractivity contribution in [2.75, 3.05) is 33.0 Å². The summed E-state index contributed by atoms with van der Waals surface area (Å²) in [5.74, 6) is -2.19. The Bertz CT molecular complexity index is 1030. The third kappa shape index (κ3) is 20.2. The number of ether oxygens (including phenoxy) is 6.